The maximum absolute atomic E-state index is 6.20. The highest BCUT2D eigenvalue weighted by Crippen LogP contribution is 2.30. The van der Waals surface area contributed by atoms with Crippen molar-refractivity contribution >= 4 is 23.2 Å². The molecule has 1 rings (SSSR count). The smallest absolute Gasteiger partial charge is 0.0640 e. The first kappa shape index (κ1) is 16.8. The minimum absolute atomic E-state index is 0.0557. The predicted molar refractivity (Wildman–Crippen MR) is 85.0 cm³/mol. The number of hydrogen-bond acceptors (Lipinski definition) is 2. The maximum Gasteiger partial charge on any atom is 0.0640 e. The lowest BCUT2D eigenvalue weighted by Gasteiger charge is -2.20. The van der Waals surface area contributed by atoms with Gasteiger partial charge in [-0.2, -0.15) is 0 Å². The lowest BCUT2D eigenvalue weighted by Crippen LogP contribution is -2.24. The molecule has 19 heavy (non-hydrogen) atoms. The molecule has 0 saturated heterocycles. The molecule has 0 bridgehead atoms. The molecule has 0 aromatic heterocycles. The first-order valence-electron chi connectivity index (χ1n) is 6.94. The second kappa shape index (κ2) is 8.80. The first-order valence-corrected chi connectivity index (χ1v) is 7.69. The average Bonchev–Trinajstić information content (AvgIpc) is 2.39. The van der Waals surface area contributed by atoms with Gasteiger partial charge in [0.15, 0.2) is 0 Å². The topological polar surface area (TPSA) is 29.3 Å². The van der Waals surface area contributed by atoms with Gasteiger partial charge in [0.1, 0.15) is 0 Å². The molecular formula is C15H24Cl2N2. The number of hydrogen-bond donors (Lipinski definition) is 1. The van der Waals surface area contributed by atoms with E-state index < -0.39 is 0 Å². The van der Waals surface area contributed by atoms with Crippen LogP contribution in [0.15, 0.2) is 18.2 Å². The zero-order valence-electron chi connectivity index (χ0n) is 11.8. The van der Waals surface area contributed by atoms with Crippen molar-refractivity contribution in [2.75, 3.05) is 20.1 Å². The standard InChI is InChI=1S/C15H24Cl2N2/c1-3-4-5-10-19(2)11-9-14(18)12-7-6-8-13(16)15(12)17/h6-8,14H,3-5,9-11,18H2,1-2H3. The van der Waals surface area contributed by atoms with Crippen LogP contribution < -0.4 is 5.73 Å². The van der Waals surface area contributed by atoms with Crippen molar-refractivity contribution < 1.29 is 0 Å². The van der Waals surface area contributed by atoms with E-state index in [9.17, 15) is 0 Å². The zero-order valence-corrected chi connectivity index (χ0v) is 13.3. The molecule has 0 radical (unpaired) electrons. The van der Waals surface area contributed by atoms with Crippen LogP contribution in [0, 0.1) is 0 Å². The molecule has 1 aromatic rings. The first-order chi connectivity index (χ1) is 9.06. The van der Waals surface area contributed by atoms with Gasteiger partial charge in [-0.05, 0) is 44.6 Å². The summed E-state index contributed by atoms with van der Waals surface area (Å²) in [5.74, 6) is 0. The van der Waals surface area contributed by atoms with Crippen molar-refractivity contribution in [1.82, 2.24) is 4.90 Å². The molecule has 0 aliphatic rings. The van der Waals surface area contributed by atoms with E-state index in [0.29, 0.717) is 10.0 Å². The summed E-state index contributed by atoms with van der Waals surface area (Å²) in [4.78, 5) is 2.33. The minimum Gasteiger partial charge on any atom is -0.324 e. The second-order valence-corrected chi connectivity index (χ2v) is 5.83. The summed E-state index contributed by atoms with van der Waals surface area (Å²) < 4.78 is 0. The van der Waals surface area contributed by atoms with Crippen LogP contribution in [0.1, 0.15) is 44.2 Å². The molecule has 0 aliphatic heterocycles. The van der Waals surface area contributed by atoms with Gasteiger partial charge in [-0.25, -0.2) is 0 Å². The van der Waals surface area contributed by atoms with Crippen molar-refractivity contribution in [3.8, 4) is 0 Å². The Kier molecular flexibility index (Phi) is 7.77. The highest BCUT2D eigenvalue weighted by molar-refractivity contribution is 6.42. The number of halogens is 2. The fourth-order valence-electron chi connectivity index (χ4n) is 2.07. The van der Waals surface area contributed by atoms with Gasteiger partial charge in [0.25, 0.3) is 0 Å². The number of rotatable bonds is 8. The van der Waals surface area contributed by atoms with Crippen LogP contribution in [0.2, 0.25) is 10.0 Å². The van der Waals surface area contributed by atoms with Crippen LogP contribution >= 0.6 is 23.2 Å². The van der Waals surface area contributed by atoms with Gasteiger partial charge in [-0.15, -0.1) is 0 Å². The van der Waals surface area contributed by atoms with Crippen LogP contribution in [0.5, 0.6) is 0 Å². The summed E-state index contributed by atoms with van der Waals surface area (Å²) >= 11 is 12.2. The van der Waals surface area contributed by atoms with Crippen molar-refractivity contribution in [2.45, 2.75) is 38.6 Å². The molecule has 0 fully saturated rings. The third kappa shape index (κ3) is 5.70. The zero-order chi connectivity index (χ0) is 14.3. The van der Waals surface area contributed by atoms with Gasteiger partial charge in [0.05, 0.1) is 10.0 Å². The Labute approximate surface area is 126 Å². The van der Waals surface area contributed by atoms with Gasteiger partial charge in [-0.1, -0.05) is 55.1 Å². The number of benzene rings is 1. The molecule has 1 aromatic carbocycles. The van der Waals surface area contributed by atoms with Gasteiger partial charge in [0.2, 0.25) is 0 Å². The van der Waals surface area contributed by atoms with Gasteiger partial charge in [-0.3, -0.25) is 0 Å². The molecular weight excluding hydrogens is 279 g/mol. The summed E-state index contributed by atoms with van der Waals surface area (Å²) in [5.41, 5.74) is 7.14. The maximum atomic E-state index is 6.20. The molecule has 1 atom stereocenters. The normalized spacial score (nSPS) is 12.9. The van der Waals surface area contributed by atoms with Gasteiger partial charge in [0, 0.05) is 6.04 Å². The van der Waals surface area contributed by atoms with E-state index in [-0.39, 0.29) is 6.04 Å². The third-order valence-corrected chi connectivity index (χ3v) is 4.18. The Morgan fingerprint density at radius 2 is 1.95 bits per heavy atom. The number of nitrogens with zero attached hydrogens (tertiary/aromatic N) is 1. The second-order valence-electron chi connectivity index (χ2n) is 5.05. The van der Waals surface area contributed by atoms with E-state index in [4.69, 9.17) is 28.9 Å². The summed E-state index contributed by atoms with van der Waals surface area (Å²) in [6.07, 6.45) is 4.69. The highest BCUT2D eigenvalue weighted by Gasteiger charge is 2.12. The van der Waals surface area contributed by atoms with Crippen molar-refractivity contribution in [2.24, 2.45) is 5.73 Å². The predicted octanol–water partition coefficient (Wildman–Crippen LogP) is 4.51. The Bertz CT molecular complexity index is 382. The summed E-state index contributed by atoms with van der Waals surface area (Å²) in [7, 11) is 2.14. The SMILES string of the molecule is CCCCCN(C)CCC(N)c1cccc(Cl)c1Cl. The lowest BCUT2D eigenvalue weighted by atomic mass is 10.0. The van der Waals surface area contributed by atoms with Crippen molar-refractivity contribution in [1.29, 1.82) is 0 Å². The molecule has 0 heterocycles. The van der Waals surface area contributed by atoms with Crippen molar-refractivity contribution in [3.63, 3.8) is 0 Å². The summed E-state index contributed by atoms with van der Waals surface area (Å²) in [6, 6.07) is 5.58. The van der Waals surface area contributed by atoms with Gasteiger partial charge >= 0.3 is 0 Å². The Hall–Kier alpha value is -0.280. The van der Waals surface area contributed by atoms with Gasteiger partial charge < -0.3 is 10.6 Å². The lowest BCUT2D eigenvalue weighted by molar-refractivity contribution is 0.311. The third-order valence-electron chi connectivity index (χ3n) is 3.35. The molecule has 2 nitrogen and oxygen atoms in total. The van der Waals surface area contributed by atoms with Crippen LogP contribution in [0.25, 0.3) is 0 Å². The molecule has 1 unspecified atom stereocenters. The average molecular weight is 303 g/mol. The molecule has 2 N–H and O–H groups in total. The van der Waals surface area contributed by atoms with Crippen molar-refractivity contribution in [3.05, 3.63) is 33.8 Å². The largest absolute Gasteiger partial charge is 0.324 e. The Morgan fingerprint density at radius 3 is 2.63 bits per heavy atom. The molecule has 0 saturated carbocycles. The quantitative estimate of drug-likeness (QED) is 0.716. The van der Waals surface area contributed by atoms with E-state index in [0.717, 1.165) is 25.1 Å². The van der Waals surface area contributed by atoms with E-state index in [2.05, 4.69) is 18.9 Å². The van der Waals surface area contributed by atoms with Crippen LogP contribution in [-0.4, -0.2) is 25.0 Å². The molecule has 4 heteroatoms. The Morgan fingerprint density at radius 1 is 1.21 bits per heavy atom. The van der Waals surface area contributed by atoms with E-state index in [1.165, 1.54) is 19.3 Å². The molecule has 108 valence electrons. The monoisotopic (exact) mass is 302 g/mol. The molecule has 0 spiro atoms. The summed E-state index contributed by atoms with van der Waals surface area (Å²) in [6.45, 7) is 4.33. The van der Waals surface area contributed by atoms with E-state index in [1.807, 2.05) is 12.1 Å². The molecule has 0 aliphatic carbocycles. The van der Waals surface area contributed by atoms with E-state index >= 15 is 0 Å². The fourth-order valence-corrected chi connectivity index (χ4v) is 2.51. The van der Waals surface area contributed by atoms with Crippen LogP contribution in [-0.2, 0) is 0 Å². The number of unbranched alkanes of at least 4 members (excludes halogenated alkanes) is 2. The molecule has 0 amide bonds. The van der Waals surface area contributed by atoms with Crippen LogP contribution in [0.3, 0.4) is 0 Å². The van der Waals surface area contributed by atoms with Crippen LogP contribution in [0.4, 0.5) is 0 Å². The Balaban J connectivity index is 2.42. The number of nitrogens with two attached hydrogens (primary N) is 1. The van der Waals surface area contributed by atoms with E-state index in [1.54, 1.807) is 6.07 Å². The highest BCUT2D eigenvalue weighted by atomic mass is 35.5. The summed E-state index contributed by atoms with van der Waals surface area (Å²) in [5, 5.41) is 1.16. The fraction of sp³-hybridized carbons (Fsp3) is 0.600. The minimum atomic E-state index is -0.0557.